The molecule has 1 heterocycles. The van der Waals surface area contributed by atoms with Crippen molar-refractivity contribution in [2.45, 2.75) is 37.2 Å². The number of carbonyl (C=O) groups is 2. The zero-order chi connectivity index (χ0) is 20.6. The van der Waals surface area contributed by atoms with Gasteiger partial charge in [-0.2, -0.15) is 5.10 Å². The van der Waals surface area contributed by atoms with Crippen LogP contribution >= 0.6 is 11.6 Å². The molecular weight excluding hydrogens is 391 g/mol. The van der Waals surface area contributed by atoms with E-state index in [1.807, 2.05) is 0 Å². The Morgan fingerprint density at radius 3 is 2.86 bits per heavy atom. The molecule has 8 nitrogen and oxygen atoms in total. The van der Waals surface area contributed by atoms with E-state index in [1.165, 1.54) is 16.8 Å². The van der Waals surface area contributed by atoms with Gasteiger partial charge in [0.2, 0.25) is 0 Å². The highest BCUT2D eigenvalue weighted by Gasteiger charge is 2.42. The second kappa shape index (κ2) is 7.40. The molecule has 0 aliphatic heterocycles. The first-order valence-corrected chi connectivity index (χ1v) is 9.00. The van der Waals surface area contributed by atoms with Crippen molar-refractivity contribution in [2.75, 3.05) is 11.1 Å². The zero-order valence-corrected chi connectivity index (χ0v) is 15.8. The number of rotatable bonds is 5. The molecule has 1 amide bonds. The molecule has 0 radical (unpaired) electrons. The first-order chi connectivity index (χ1) is 13.1. The van der Waals surface area contributed by atoms with Crippen molar-refractivity contribution in [1.82, 2.24) is 9.78 Å². The molecule has 1 fully saturated rings. The van der Waals surface area contributed by atoms with E-state index in [1.54, 1.807) is 7.05 Å². The number of aromatic nitrogens is 2. The number of aliphatic carboxylic acids is 1. The van der Waals surface area contributed by atoms with Gasteiger partial charge in [0.1, 0.15) is 17.2 Å². The number of nitrogen functional groups attached to an aromatic ring is 1. The number of carboxylic acids is 1. The second-order valence-corrected chi connectivity index (χ2v) is 7.49. The molecule has 28 heavy (non-hydrogen) atoms. The minimum atomic E-state index is -1.35. The number of hydrogen-bond donors (Lipinski definition) is 4. The summed E-state index contributed by atoms with van der Waals surface area (Å²) in [7, 11) is 1.59. The molecule has 0 spiro atoms. The molecule has 0 bridgehead atoms. The van der Waals surface area contributed by atoms with Gasteiger partial charge in [0.25, 0.3) is 5.91 Å². The van der Waals surface area contributed by atoms with Gasteiger partial charge in [-0.05, 0) is 37.5 Å². The molecule has 3 rings (SSSR count). The first-order valence-electron chi connectivity index (χ1n) is 8.62. The number of halogens is 2. The number of carboxylic acid groups (broad SMARTS) is 1. The van der Waals surface area contributed by atoms with Gasteiger partial charge in [0, 0.05) is 18.7 Å². The topological polar surface area (TPSA) is 130 Å². The van der Waals surface area contributed by atoms with Crippen molar-refractivity contribution in [1.29, 1.82) is 0 Å². The van der Waals surface area contributed by atoms with E-state index < -0.39 is 23.3 Å². The molecule has 2 aromatic rings. The maximum Gasteiger partial charge on any atom is 0.306 e. The average Bonchev–Trinajstić information content (AvgIpc) is 3.11. The summed E-state index contributed by atoms with van der Waals surface area (Å²) in [6, 6.07) is 3.78. The third kappa shape index (κ3) is 3.95. The van der Waals surface area contributed by atoms with Crippen molar-refractivity contribution in [3.63, 3.8) is 0 Å². The lowest BCUT2D eigenvalue weighted by Crippen LogP contribution is -2.28. The van der Waals surface area contributed by atoms with Crippen LogP contribution in [0.15, 0.2) is 18.2 Å². The van der Waals surface area contributed by atoms with E-state index in [0.29, 0.717) is 17.8 Å². The number of hydrogen-bond acceptors (Lipinski definition) is 5. The summed E-state index contributed by atoms with van der Waals surface area (Å²) >= 11 is 5.74. The predicted octanol–water partition coefficient (Wildman–Crippen LogP) is 2.52. The quantitative estimate of drug-likeness (QED) is 0.599. The fourth-order valence-corrected chi connectivity index (χ4v) is 3.81. The lowest BCUT2D eigenvalue weighted by molar-refractivity contribution is -0.142. The number of aliphatic hydroxyl groups is 1. The van der Waals surface area contributed by atoms with E-state index in [-0.39, 0.29) is 41.6 Å². The molecule has 0 saturated heterocycles. The monoisotopic (exact) mass is 410 g/mol. The van der Waals surface area contributed by atoms with E-state index in [4.69, 9.17) is 22.4 Å². The first kappa shape index (κ1) is 20.1. The number of nitrogens with one attached hydrogen (secondary N) is 1. The second-order valence-electron chi connectivity index (χ2n) is 7.09. The van der Waals surface area contributed by atoms with Crippen molar-refractivity contribution >= 4 is 35.0 Å². The normalized spacial score (nSPS) is 21.6. The summed E-state index contributed by atoms with van der Waals surface area (Å²) in [6.45, 7) is 0. The summed E-state index contributed by atoms with van der Waals surface area (Å²) in [4.78, 5) is 23.8. The number of benzene rings is 1. The molecule has 1 aliphatic rings. The minimum Gasteiger partial charge on any atom is -0.481 e. The third-order valence-corrected chi connectivity index (χ3v) is 5.26. The van der Waals surface area contributed by atoms with Crippen LogP contribution < -0.4 is 11.1 Å². The van der Waals surface area contributed by atoms with Crippen LogP contribution in [0.2, 0.25) is 5.02 Å². The Balaban J connectivity index is 1.87. The van der Waals surface area contributed by atoms with Crippen LogP contribution in [0.1, 0.15) is 47.7 Å². The molecule has 5 N–H and O–H groups in total. The largest absolute Gasteiger partial charge is 0.481 e. The van der Waals surface area contributed by atoms with Gasteiger partial charge in [0.05, 0.1) is 22.7 Å². The van der Waals surface area contributed by atoms with Gasteiger partial charge in [-0.1, -0.05) is 11.6 Å². The highest BCUT2D eigenvalue weighted by molar-refractivity contribution is 6.31. The Kier molecular flexibility index (Phi) is 5.31. The summed E-state index contributed by atoms with van der Waals surface area (Å²) in [6.07, 6.45) is 0.553. The molecule has 2 atom stereocenters. The molecule has 2 unspecified atom stereocenters. The Labute approximate surface area is 165 Å². The fourth-order valence-electron chi connectivity index (χ4n) is 3.63. The molecule has 1 aromatic carbocycles. The molecular formula is C18H20ClFN4O4. The standard InChI is InChI=1S/C18H20ClFN4O4/c1-24-16(21)14(17(27)22-10-2-3-12(20)11(19)6-10)15(23-24)9-4-5-18(28,7-9)8-13(25)26/h2-3,6,9,28H,4-5,7-8,21H2,1H3,(H,22,27)(H,25,26). The lowest BCUT2D eigenvalue weighted by atomic mass is 9.93. The SMILES string of the molecule is Cn1nc(C2CCC(O)(CC(=O)O)C2)c(C(=O)Nc2ccc(F)c(Cl)c2)c1N. The van der Waals surface area contributed by atoms with Crippen LogP contribution in [0.5, 0.6) is 0 Å². The van der Waals surface area contributed by atoms with Crippen molar-refractivity contribution < 1.29 is 24.2 Å². The van der Waals surface area contributed by atoms with Gasteiger partial charge in [-0.25, -0.2) is 4.39 Å². The highest BCUT2D eigenvalue weighted by atomic mass is 35.5. The van der Waals surface area contributed by atoms with Gasteiger partial charge >= 0.3 is 5.97 Å². The van der Waals surface area contributed by atoms with Crippen LogP contribution in [-0.4, -0.2) is 37.5 Å². The van der Waals surface area contributed by atoms with Crippen LogP contribution in [0.25, 0.3) is 0 Å². The summed E-state index contributed by atoms with van der Waals surface area (Å²) in [5, 5.41) is 26.3. The Hall–Kier alpha value is -2.65. The number of carbonyl (C=O) groups excluding carboxylic acids is 1. The zero-order valence-electron chi connectivity index (χ0n) is 15.1. The number of amides is 1. The molecule has 1 saturated carbocycles. The Morgan fingerprint density at radius 1 is 1.50 bits per heavy atom. The van der Waals surface area contributed by atoms with Gasteiger partial charge in [-0.15, -0.1) is 0 Å². The van der Waals surface area contributed by atoms with E-state index in [9.17, 15) is 19.1 Å². The van der Waals surface area contributed by atoms with Crippen molar-refractivity contribution in [2.24, 2.45) is 7.05 Å². The molecule has 10 heteroatoms. The van der Waals surface area contributed by atoms with Crippen LogP contribution in [0.4, 0.5) is 15.9 Å². The third-order valence-electron chi connectivity index (χ3n) is 4.97. The van der Waals surface area contributed by atoms with Crippen LogP contribution in [0, 0.1) is 5.82 Å². The van der Waals surface area contributed by atoms with Crippen LogP contribution in [-0.2, 0) is 11.8 Å². The van der Waals surface area contributed by atoms with Crippen LogP contribution in [0.3, 0.4) is 0 Å². The summed E-state index contributed by atoms with van der Waals surface area (Å²) in [5.74, 6) is -2.42. The number of nitrogens with two attached hydrogens (primary N) is 1. The number of nitrogens with zero attached hydrogens (tertiary/aromatic N) is 2. The number of anilines is 2. The smallest absolute Gasteiger partial charge is 0.306 e. The average molecular weight is 411 g/mol. The lowest BCUT2D eigenvalue weighted by Gasteiger charge is -2.20. The van der Waals surface area contributed by atoms with Crippen molar-refractivity contribution in [3.05, 3.63) is 40.3 Å². The van der Waals surface area contributed by atoms with Gasteiger partial charge in [-0.3, -0.25) is 14.3 Å². The van der Waals surface area contributed by atoms with Gasteiger partial charge < -0.3 is 21.3 Å². The Morgan fingerprint density at radius 2 is 2.21 bits per heavy atom. The predicted molar refractivity (Wildman–Crippen MR) is 101 cm³/mol. The summed E-state index contributed by atoms with van der Waals surface area (Å²) < 4.78 is 14.7. The maximum atomic E-state index is 13.3. The highest BCUT2D eigenvalue weighted by Crippen LogP contribution is 2.44. The fraction of sp³-hybridized carbons (Fsp3) is 0.389. The van der Waals surface area contributed by atoms with E-state index >= 15 is 0 Å². The van der Waals surface area contributed by atoms with Gasteiger partial charge in [0.15, 0.2) is 0 Å². The summed E-state index contributed by atoms with van der Waals surface area (Å²) in [5.41, 5.74) is 5.51. The number of aryl methyl sites for hydroxylation is 1. The molecule has 1 aliphatic carbocycles. The van der Waals surface area contributed by atoms with Crippen molar-refractivity contribution in [3.8, 4) is 0 Å². The molecule has 150 valence electrons. The Bertz CT molecular complexity index is 948. The molecule has 1 aromatic heterocycles. The minimum absolute atomic E-state index is 0.133. The van der Waals surface area contributed by atoms with E-state index in [2.05, 4.69) is 10.4 Å². The van der Waals surface area contributed by atoms with E-state index in [0.717, 1.165) is 6.07 Å². The maximum absolute atomic E-state index is 13.3.